The van der Waals surface area contributed by atoms with Crippen molar-refractivity contribution in [3.05, 3.63) is 63.4 Å². The fourth-order valence-corrected chi connectivity index (χ4v) is 4.09. The molecular weight excluding hydrogens is 360 g/mol. The van der Waals surface area contributed by atoms with Gasteiger partial charge in [0.2, 0.25) is 0 Å². The Hall–Kier alpha value is -2.53. The standard InChI is InChI=1S/C21H23ClN4O/c1-12-8-19-16-10-21(3,7-6-18(16)25-26(19)11-13(12)2)24-20(27)15-5-4-14(23)9-17(15)22/h4-5,8-9,11H,6-7,10,23H2,1-3H3,(H,24,27). The normalized spacial score (nSPS) is 19.1. The maximum atomic E-state index is 12.8. The number of nitrogens with two attached hydrogens (primary N) is 1. The quantitative estimate of drug-likeness (QED) is 0.661. The van der Waals surface area contributed by atoms with Crippen LogP contribution in [0, 0.1) is 13.8 Å². The maximum absolute atomic E-state index is 12.8. The molecule has 2 aromatic heterocycles. The average Bonchev–Trinajstić information content (AvgIpc) is 2.91. The molecule has 4 rings (SSSR count). The average molecular weight is 383 g/mol. The van der Waals surface area contributed by atoms with Gasteiger partial charge in [0.15, 0.2) is 0 Å². The predicted molar refractivity (Wildman–Crippen MR) is 108 cm³/mol. The number of nitrogen functional groups attached to an aromatic ring is 1. The van der Waals surface area contributed by atoms with Gasteiger partial charge < -0.3 is 11.1 Å². The van der Waals surface area contributed by atoms with Gasteiger partial charge in [-0.2, -0.15) is 5.10 Å². The zero-order chi connectivity index (χ0) is 19.3. The van der Waals surface area contributed by atoms with Crippen molar-refractivity contribution in [3.8, 4) is 0 Å². The molecule has 1 aliphatic rings. The lowest BCUT2D eigenvalue weighted by molar-refractivity contribution is 0.0898. The second kappa shape index (κ2) is 6.27. The lowest BCUT2D eigenvalue weighted by Crippen LogP contribution is -2.49. The van der Waals surface area contributed by atoms with Gasteiger partial charge in [-0.05, 0) is 75.4 Å². The summed E-state index contributed by atoms with van der Waals surface area (Å²) in [5, 5.41) is 8.31. The van der Waals surface area contributed by atoms with Gasteiger partial charge in [-0.3, -0.25) is 4.79 Å². The minimum absolute atomic E-state index is 0.172. The number of rotatable bonds is 2. The largest absolute Gasteiger partial charge is 0.399 e. The molecule has 0 spiro atoms. The number of nitrogens with one attached hydrogen (secondary N) is 1. The summed E-state index contributed by atoms with van der Waals surface area (Å²) in [5.41, 5.74) is 12.3. The number of pyridine rings is 1. The summed E-state index contributed by atoms with van der Waals surface area (Å²) in [6.07, 6.45) is 4.49. The third-order valence-electron chi connectivity index (χ3n) is 5.56. The molecule has 3 aromatic rings. The highest BCUT2D eigenvalue weighted by Gasteiger charge is 2.34. The van der Waals surface area contributed by atoms with Crippen LogP contribution >= 0.6 is 11.6 Å². The Balaban J connectivity index is 1.64. The van der Waals surface area contributed by atoms with Gasteiger partial charge in [-0.15, -0.1) is 0 Å². The second-order valence-corrected chi connectivity index (χ2v) is 8.23. The number of nitrogens with zero attached hydrogens (tertiary/aromatic N) is 2. The van der Waals surface area contributed by atoms with Crippen molar-refractivity contribution in [1.82, 2.24) is 14.9 Å². The molecule has 0 fully saturated rings. The molecule has 0 saturated carbocycles. The highest BCUT2D eigenvalue weighted by molar-refractivity contribution is 6.34. The summed E-state index contributed by atoms with van der Waals surface area (Å²) < 4.78 is 1.97. The molecule has 2 heterocycles. The SMILES string of the molecule is Cc1cc2c3c(nn2cc1C)CCC(C)(NC(=O)c1ccc(N)cc1Cl)C3. The van der Waals surface area contributed by atoms with Crippen LogP contribution in [0.3, 0.4) is 0 Å². The van der Waals surface area contributed by atoms with Crippen LogP contribution in [-0.2, 0) is 12.8 Å². The first kappa shape index (κ1) is 17.9. The molecule has 1 aliphatic carbocycles. The summed E-state index contributed by atoms with van der Waals surface area (Å²) in [6, 6.07) is 7.16. The number of aromatic nitrogens is 2. The number of carbonyl (C=O) groups excluding carboxylic acids is 1. The molecule has 27 heavy (non-hydrogen) atoms. The van der Waals surface area contributed by atoms with Crippen LogP contribution in [0.4, 0.5) is 5.69 Å². The molecule has 0 bridgehead atoms. The molecule has 3 N–H and O–H groups in total. The minimum atomic E-state index is -0.350. The van der Waals surface area contributed by atoms with Crippen LogP contribution in [-0.4, -0.2) is 21.1 Å². The number of anilines is 1. The molecule has 1 aromatic carbocycles. The van der Waals surface area contributed by atoms with Gasteiger partial charge in [-0.25, -0.2) is 4.52 Å². The van der Waals surface area contributed by atoms with Gasteiger partial charge in [0.1, 0.15) is 0 Å². The number of hydrogen-bond acceptors (Lipinski definition) is 3. The lowest BCUT2D eigenvalue weighted by atomic mass is 9.81. The molecule has 1 unspecified atom stereocenters. The van der Waals surface area contributed by atoms with E-state index in [1.165, 1.54) is 16.7 Å². The summed E-state index contributed by atoms with van der Waals surface area (Å²) in [5.74, 6) is -0.172. The van der Waals surface area contributed by atoms with Crippen LogP contribution in [0.1, 0.15) is 46.1 Å². The first-order valence-electron chi connectivity index (χ1n) is 9.11. The summed E-state index contributed by atoms with van der Waals surface area (Å²) in [4.78, 5) is 12.8. The van der Waals surface area contributed by atoms with E-state index >= 15 is 0 Å². The Labute approximate surface area is 163 Å². The number of benzene rings is 1. The number of halogens is 1. The predicted octanol–water partition coefficient (Wildman–Crippen LogP) is 3.86. The van der Waals surface area contributed by atoms with Gasteiger partial charge in [0.05, 0.1) is 21.8 Å². The Bertz CT molecular complexity index is 1070. The van der Waals surface area contributed by atoms with Crippen molar-refractivity contribution in [2.45, 2.75) is 45.6 Å². The minimum Gasteiger partial charge on any atom is -0.399 e. The van der Waals surface area contributed by atoms with E-state index in [9.17, 15) is 4.79 Å². The number of aryl methyl sites for hydroxylation is 3. The van der Waals surface area contributed by atoms with Crippen LogP contribution in [0.2, 0.25) is 5.02 Å². The Kier molecular flexibility index (Phi) is 4.15. The topological polar surface area (TPSA) is 72.4 Å². The van der Waals surface area contributed by atoms with Crippen LogP contribution in [0.15, 0.2) is 30.5 Å². The molecule has 5 nitrogen and oxygen atoms in total. The van der Waals surface area contributed by atoms with E-state index in [1.807, 2.05) is 4.52 Å². The number of carbonyl (C=O) groups is 1. The Morgan fingerprint density at radius 3 is 2.81 bits per heavy atom. The third-order valence-corrected chi connectivity index (χ3v) is 5.87. The molecule has 140 valence electrons. The molecule has 0 saturated heterocycles. The van der Waals surface area contributed by atoms with Gasteiger partial charge in [0.25, 0.3) is 5.91 Å². The van der Waals surface area contributed by atoms with Crippen molar-refractivity contribution in [2.24, 2.45) is 0 Å². The highest BCUT2D eigenvalue weighted by Crippen LogP contribution is 2.32. The van der Waals surface area contributed by atoms with Crippen molar-refractivity contribution in [1.29, 1.82) is 0 Å². The number of fused-ring (bicyclic) bond motifs is 3. The van der Waals surface area contributed by atoms with Gasteiger partial charge in [-0.1, -0.05) is 11.6 Å². The monoisotopic (exact) mass is 382 g/mol. The zero-order valence-corrected chi connectivity index (χ0v) is 16.5. The molecule has 0 radical (unpaired) electrons. The van der Waals surface area contributed by atoms with E-state index in [1.54, 1.807) is 18.2 Å². The van der Waals surface area contributed by atoms with Crippen LogP contribution in [0.25, 0.3) is 5.52 Å². The number of amides is 1. The smallest absolute Gasteiger partial charge is 0.253 e. The van der Waals surface area contributed by atoms with E-state index < -0.39 is 0 Å². The van der Waals surface area contributed by atoms with Gasteiger partial charge in [0, 0.05) is 23.0 Å². The van der Waals surface area contributed by atoms with E-state index in [-0.39, 0.29) is 11.4 Å². The van der Waals surface area contributed by atoms with Crippen molar-refractivity contribution in [2.75, 3.05) is 5.73 Å². The fraction of sp³-hybridized carbons (Fsp3) is 0.333. The van der Waals surface area contributed by atoms with Crippen LogP contribution in [0.5, 0.6) is 0 Å². The van der Waals surface area contributed by atoms with Crippen molar-refractivity contribution in [3.63, 3.8) is 0 Å². The Morgan fingerprint density at radius 2 is 2.07 bits per heavy atom. The third kappa shape index (κ3) is 3.16. The van der Waals surface area contributed by atoms with Crippen LogP contribution < -0.4 is 11.1 Å². The van der Waals surface area contributed by atoms with Crippen molar-refractivity contribution >= 4 is 28.7 Å². The highest BCUT2D eigenvalue weighted by atomic mass is 35.5. The molecular formula is C21H23ClN4O. The summed E-state index contributed by atoms with van der Waals surface area (Å²) >= 11 is 6.21. The molecule has 1 amide bonds. The number of hydrogen-bond donors (Lipinski definition) is 2. The van der Waals surface area contributed by atoms with E-state index in [2.05, 4.69) is 38.4 Å². The van der Waals surface area contributed by atoms with E-state index in [0.717, 1.165) is 30.5 Å². The first-order chi connectivity index (χ1) is 12.8. The molecule has 6 heteroatoms. The fourth-order valence-electron chi connectivity index (χ4n) is 3.82. The summed E-state index contributed by atoms with van der Waals surface area (Å²) in [6.45, 7) is 6.29. The van der Waals surface area contributed by atoms with E-state index in [0.29, 0.717) is 16.3 Å². The van der Waals surface area contributed by atoms with Crippen molar-refractivity contribution < 1.29 is 4.79 Å². The maximum Gasteiger partial charge on any atom is 0.253 e. The Morgan fingerprint density at radius 1 is 1.30 bits per heavy atom. The van der Waals surface area contributed by atoms with E-state index in [4.69, 9.17) is 22.4 Å². The molecule has 1 atom stereocenters. The first-order valence-corrected chi connectivity index (χ1v) is 9.48. The zero-order valence-electron chi connectivity index (χ0n) is 15.8. The lowest BCUT2D eigenvalue weighted by Gasteiger charge is -2.34. The molecule has 0 aliphatic heterocycles. The summed E-state index contributed by atoms with van der Waals surface area (Å²) in [7, 11) is 0. The second-order valence-electron chi connectivity index (χ2n) is 7.83. The van der Waals surface area contributed by atoms with Gasteiger partial charge >= 0.3 is 0 Å².